The first-order chi connectivity index (χ1) is 10.4. The summed E-state index contributed by atoms with van der Waals surface area (Å²) >= 11 is 0. The monoisotopic (exact) mass is 343 g/mol. The van der Waals surface area contributed by atoms with Crippen LogP contribution in [0.5, 0.6) is 0 Å². The van der Waals surface area contributed by atoms with E-state index in [2.05, 4.69) is 0 Å². The fourth-order valence-corrected chi connectivity index (χ4v) is 2.26. The minimum absolute atomic E-state index is 0.295. The molecule has 0 fully saturated rings. The van der Waals surface area contributed by atoms with Crippen LogP contribution < -0.4 is 5.73 Å². The third-order valence-corrected chi connectivity index (χ3v) is 3.49. The maximum absolute atomic E-state index is 13.0. The fraction of sp³-hybridized carbons (Fsp3) is 0.500. The van der Waals surface area contributed by atoms with E-state index in [0.717, 1.165) is 0 Å². The van der Waals surface area contributed by atoms with E-state index in [0.29, 0.717) is 18.2 Å². The van der Waals surface area contributed by atoms with Crippen LogP contribution in [0.1, 0.15) is 36.0 Å². The third kappa shape index (κ3) is 4.85. The second-order valence-corrected chi connectivity index (χ2v) is 5.21. The van der Waals surface area contributed by atoms with Crippen molar-refractivity contribution in [3.63, 3.8) is 0 Å². The molecule has 0 amide bonds. The molecular weight excluding hydrogens is 328 g/mol. The average molecular weight is 343 g/mol. The van der Waals surface area contributed by atoms with Crippen LogP contribution >= 0.6 is 0 Å². The van der Waals surface area contributed by atoms with Gasteiger partial charge in [-0.05, 0) is 36.1 Å². The van der Waals surface area contributed by atoms with E-state index in [-0.39, 0.29) is 13.0 Å². The highest BCUT2D eigenvalue weighted by atomic mass is 19.4. The van der Waals surface area contributed by atoms with Crippen LogP contribution in [0.2, 0.25) is 0 Å². The lowest BCUT2D eigenvalue weighted by molar-refractivity contribution is -0.142. The summed E-state index contributed by atoms with van der Waals surface area (Å²) in [5, 5.41) is 8.90. The predicted octanol–water partition coefficient (Wildman–Crippen LogP) is 3.88. The van der Waals surface area contributed by atoms with E-state index in [4.69, 9.17) is 10.8 Å². The van der Waals surface area contributed by atoms with Crippen LogP contribution in [-0.4, -0.2) is 17.6 Å². The van der Waals surface area contributed by atoms with E-state index in [1.54, 1.807) is 0 Å². The van der Waals surface area contributed by atoms with Crippen molar-refractivity contribution in [1.82, 2.24) is 0 Å². The van der Waals surface area contributed by atoms with Gasteiger partial charge in [0, 0.05) is 6.54 Å². The molecule has 1 aromatic rings. The van der Waals surface area contributed by atoms with Gasteiger partial charge in [-0.3, -0.25) is 4.79 Å². The second kappa shape index (κ2) is 6.77. The first-order valence-corrected chi connectivity index (χ1v) is 6.59. The number of carbonyl (C=O) groups is 1. The first kappa shape index (κ1) is 19.3. The van der Waals surface area contributed by atoms with Crippen molar-refractivity contribution in [2.45, 2.75) is 31.6 Å². The Morgan fingerprint density at radius 2 is 1.74 bits per heavy atom. The Hall–Kier alpha value is -1.77. The molecule has 0 aliphatic rings. The Labute approximate surface area is 128 Å². The van der Waals surface area contributed by atoms with Crippen LogP contribution in [0, 0.1) is 5.92 Å². The number of hydrogen-bond donors (Lipinski definition) is 2. The molecular formula is C14H15F6NO2. The van der Waals surface area contributed by atoms with Crippen LogP contribution in [0.4, 0.5) is 26.3 Å². The molecule has 0 spiro atoms. The zero-order chi connectivity index (χ0) is 18.0. The molecule has 0 aliphatic carbocycles. The highest BCUT2D eigenvalue weighted by molar-refractivity contribution is 5.70. The Morgan fingerprint density at radius 3 is 2.13 bits per heavy atom. The molecule has 130 valence electrons. The Balaban J connectivity index is 3.31. The number of halogens is 6. The van der Waals surface area contributed by atoms with E-state index < -0.39 is 46.8 Å². The van der Waals surface area contributed by atoms with Crippen molar-refractivity contribution in [2.75, 3.05) is 6.54 Å². The van der Waals surface area contributed by atoms with Gasteiger partial charge in [0.15, 0.2) is 0 Å². The molecule has 1 aromatic carbocycles. The second-order valence-electron chi connectivity index (χ2n) is 5.21. The van der Waals surface area contributed by atoms with Crippen LogP contribution in [0.25, 0.3) is 0 Å². The highest BCUT2D eigenvalue weighted by Gasteiger charge is 2.38. The van der Waals surface area contributed by atoms with E-state index in [1.807, 2.05) is 0 Å². The number of rotatable bonds is 5. The van der Waals surface area contributed by atoms with Crippen molar-refractivity contribution in [3.05, 3.63) is 34.9 Å². The summed E-state index contributed by atoms with van der Waals surface area (Å²) in [5.74, 6) is -3.50. The fourth-order valence-electron chi connectivity index (χ4n) is 2.26. The van der Waals surface area contributed by atoms with Gasteiger partial charge in [0.1, 0.15) is 0 Å². The van der Waals surface area contributed by atoms with Crippen LogP contribution in [0.15, 0.2) is 18.2 Å². The van der Waals surface area contributed by atoms with Gasteiger partial charge in [-0.1, -0.05) is 6.92 Å². The number of benzene rings is 1. The Bertz CT molecular complexity index is 567. The normalized spacial score (nSPS) is 15.3. The number of alkyl halides is 6. The summed E-state index contributed by atoms with van der Waals surface area (Å²) in [6.07, 6.45) is -9.93. The standard InChI is InChI=1S/C14H15F6NO2/c1-7(4-8(6-21)12(22)23)10-5-9(13(15,16)17)2-3-11(10)14(18,19)20/h2-3,5,7-8H,4,6,21H2,1H3,(H,22,23). The Kier molecular flexibility index (Phi) is 5.68. The van der Waals surface area contributed by atoms with Gasteiger partial charge >= 0.3 is 18.3 Å². The number of aliphatic carboxylic acids is 1. The van der Waals surface area contributed by atoms with Crippen molar-refractivity contribution in [2.24, 2.45) is 11.7 Å². The highest BCUT2D eigenvalue weighted by Crippen LogP contribution is 2.40. The summed E-state index contributed by atoms with van der Waals surface area (Å²) in [4.78, 5) is 10.9. The SMILES string of the molecule is CC(CC(CN)C(=O)O)c1cc(C(F)(F)F)ccc1C(F)(F)F. The molecule has 0 saturated heterocycles. The van der Waals surface area contributed by atoms with Gasteiger partial charge in [0.05, 0.1) is 17.0 Å². The zero-order valence-corrected chi connectivity index (χ0v) is 12.0. The Morgan fingerprint density at radius 1 is 1.17 bits per heavy atom. The van der Waals surface area contributed by atoms with Gasteiger partial charge in [0.25, 0.3) is 0 Å². The molecule has 3 N–H and O–H groups in total. The molecule has 0 saturated carbocycles. The van der Waals surface area contributed by atoms with Gasteiger partial charge in [0.2, 0.25) is 0 Å². The van der Waals surface area contributed by atoms with Crippen LogP contribution in [0.3, 0.4) is 0 Å². The molecule has 23 heavy (non-hydrogen) atoms. The maximum Gasteiger partial charge on any atom is 0.416 e. The lowest BCUT2D eigenvalue weighted by Crippen LogP contribution is -2.25. The molecule has 0 aliphatic heterocycles. The lowest BCUT2D eigenvalue weighted by atomic mass is 9.86. The zero-order valence-electron chi connectivity index (χ0n) is 12.0. The molecule has 3 nitrogen and oxygen atoms in total. The molecule has 0 bridgehead atoms. The summed E-state index contributed by atoms with van der Waals surface area (Å²) < 4.78 is 77.1. The van der Waals surface area contributed by atoms with Gasteiger partial charge in [-0.2, -0.15) is 26.3 Å². The molecule has 0 radical (unpaired) electrons. The van der Waals surface area contributed by atoms with Gasteiger partial charge < -0.3 is 10.8 Å². The van der Waals surface area contributed by atoms with Crippen LogP contribution in [-0.2, 0) is 17.1 Å². The van der Waals surface area contributed by atoms with E-state index in [1.165, 1.54) is 6.92 Å². The largest absolute Gasteiger partial charge is 0.481 e. The minimum Gasteiger partial charge on any atom is -0.481 e. The predicted molar refractivity (Wildman–Crippen MR) is 69.7 cm³/mol. The summed E-state index contributed by atoms with van der Waals surface area (Å²) in [5.41, 5.74) is 2.22. The number of hydrogen-bond acceptors (Lipinski definition) is 2. The molecule has 9 heteroatoms. The maximum atomic E-state index is 13.0. The molecule has 0 heterocycles. The quantitative estimate of drug-likeness (QED) is 0.798. The number of carboxylic acids is 1. The first-order valence-electron chi connectivity index (χ1n) is 6.59. The van der Waals surface area contributed by atoms with Crippen molar-refractivity contribution in [1.29, 1.82) is 0 Å². The summed E-state index contributed by atoms with van der Waals surface area (Å²) in [6, 6.07) is 1.15. The van der Waals surface area contributed by atoms with Crippen molar-refractivity contribution >= 4 is 5.97 Å². The summed E-state index contributed by atoms with van der Waals surface area (Å²) in [6.45, 7) is 0.927. The smallest absolute Gasteiger partial charge is 0.416 e. The average Bonchev–Trinajstić information content (AvgIpc) is 2.41. The number of nitrogens with two attached hydrogens (primary N) is 1. The molecule has 1 rings (SSSR count). The van der Waals surface area contributed by atoms with Crippen molar-refractivity contribution < 1.29 is 36.2 Å². The summed E-state index contributed by atoms with van der Waals surface area (Å²) in [7, 11) is 0. The number of carboxylic acid groups (broad SMARTS) is 1. The van der Waals surface area contributed by atoms with Gasteiger partial charge in [-0.15, -0.1) is 0 Å². The minimum atomic E-state index is -4.84. The van der Waals surface area contributed by atoms with Crippen molar-refractivity contribution in [3.8, 4) is 0 Å². The lowest BCUT2D eigenvalue weighted by Gasteiger charge is -2.22. The van der Waals surface area contributed by atoms with E-state index in [9.17, 15) is 31.1 Å². The topological polar surface area (TPSA) is 63.3 Å². The third-order valence-electron chi connectivity index (χ3n) is 3.49. The van der Waals surface area contributed by atoms with Gasteiger partial charge in [-0.25, -0.2) is 0 Å². The molecule has 2 atom stereocenters. The molecule has 0 aromatic heterocycles. The van der Waals surface area contributed by atoms with E-state index >= 15 is 0 Å². The molecule has 2 unspecified atom stereocenters.